The maximum atomic E-state index is 10.8. The number of ether oxygens (including phenoxy) is 1. The smallest absolute Gasteiger partial charge is 0.404 e. The minimum absolute atomic E-state index is 0.170. The predicted molar refractivity (Wildman–Crippen MR) is 73.6 cm³/mol. The number of hydrogen-bond acceptors (Lipinski definition) is 5. The first-order chi connectivity index (χ1) is 8.60. The van der Waals surface area contributed by atoms with E-state index in [1.54, 1.807) is 0 Å². The van der Waals surface area contributed by atoms with Gasteiger partial charge in [0.05, 0.1) is 0 Å². The van der Waals surface area contributed by atoms with E-state index < -0.39 is 6.09 Å². The summed E-state index contributed by atoms with van der Waals surface area (Å²) in [4.78, 5) is 10.8. The van der Waals surface area contributed by atoms with E-state index in [1.807, 2.05) is 0 Å². The first-order valence-electron chi connectivity index (χ1n) is 6.64. The highest BCUT2D eigenvalue weighted by Crippen LogP contribution is 2.15. The average molecular weight is 260 g/mol. The van der Waals surface area contributed by atoms with E-state index in [1.165, 1.54) is 0 Å². The van der Waals surface area contributed by atoms with Gasteiger partial charge in [-0.3, -0.25) is 0 Å². The molecule has 1 amide bonds. The molecule has 0 heterocycles. The van der Waals surface area contributed by atoms with Gasteiger partial charge in [0.25, 0.3) is 0 Å². The Hall–Kier alpha value is -0.850. The lowest BCUT2D eigenvalue weighted by molar-refractivity contribution is 0.0857. The molecule has 0 aromatic heterocycles. The van der Waals surface area contributed by atoms with Crippen molar-refractivity contribution in [2.45, 2.75) is 20.8 Å². The van der Waals surface area contributed by atoms with Gasteiger partial charge in [0.15, 0.2) is 0 Å². The number of carbonyl (C=O) groups excluding carboxylic acids is 1. The van der Waals surface area contributed by atoms with Gasteiger partial charge in [-0.15, -0.1) is 0 Å². The predicted octanol–water partition coefficient (Wildman–Crippen LogP) is -0.103. The number of hydrogen-bond donors (Lipinski definition) is 4. The van der Waals surface area contributed by atoms with Crippen LogP contribution >= 0.6 is 0 Å². The third kappa shape index (κ3) is 7.47. The van der Waals surface area contributed by atoms with Gasteiger partial charge >= 0.3 is 6.09 Å². The highest BCUT2D eigenvalue weighted by Gasteiger charge is 2.30. The molecule has 0 radical (unpaired) electrons. The van der Waals surface area contributed by atoms with Crippen LogP contribution in [0.5, 0.6) is 0 Å². The fourth-order valence-electron chi connectivity index (χ4n) is 1.74. The minimum atomic E-state index is -0.719. The minimum Gasteiger partial charge on any atom is -0.449 e. The summed E-state index contributed by atoms with van der Waals surface area (Å²) in [5.41, 5.74) is 4.89. The largest absolute Gasteiger partial charge is 0.449 e. The first kappa shape index (κ1) is 17.2. The molecule has 0 atom stereocenters. The highest BCUT2D eigenvalue weighted by molar-refractivity contribution is 5.64. The zero-order valence-electron chi connectivity index (χ0n) is 11.8. The maximum absolute atomic E-state index is 10.8. The molecule has 0 aliphatic heterocycles. The zero-order valence-corrected chi connectivity index (χ0v) is 11.8. The Labute approximate surface area is 110 Å². The number of nitrogens with two attached hydrogens (primary N) is 1. The van der Waals surface area contributed by atoms with Crippen molar-refractivity contribution in [2.75, 3.05) is 45.9 Å². The average Bonchev–Trinajstić information content (AvgIpc) is 2.37. The molecule has 0 saturated heterocycles. The van der Waals surface area contributed by atoms with Gasteiger partial charge in [-0.2, -0.15) is 0 Å². The van der Waals surface area contributed by atoms with Crippen LogP contribution in [0.15, 0.2) is 0 Å². The molecule has 0 bridgehead atoms. The van der Waals surface area contributed by atoms with Crippen molar-refractivity contribution in [2.24, 2.45) is 11.1 Å². The molecule has 0 aliphatic carbocycles. The van der Waals surface area contributed by atoms with Crippen molar-refractivity contribution >= 4 is 6.09 Å². The molecular formula is C12H28N4O2. The summed E-state index contributed by atoms with van der Waals surface area (Å²) >= 11 is 0. The van der Waals surface area contributed by atoms with E-state index in [0.29, 0.717) is 6.61 Å². The van der Waals surface area contributed by atoms with E-state index in [9.17, 15) is 4.79 Å². The van der Waals surface area contributed by atoms with Gasteiger partial charge in [0.1, 0.15) is 6.61 Å². The van der Waals surface area contributed by atoms with Crippen molar-refractivity contribution < 1.29 is 9.53 Å². The Morgan fingerprint density at radius 1 is 1.00 bits per heavy atom. The summed E-state index contributed by atoms with van der Waals surface area (Å²) in [7, 11) is 0. The zero-order chi connectivity index (χ0) is 13.9. The number of carbonyl (C=O) groups is 1. The molecule has 0 aromatic carbocycles. The van der Waals surface area contributed by atoms with Crippen molar-refractivity contribution in [3.8, 4) is 0 Å². The first-order valence-corrected chi connectivity index (χ1v) is 6.64. The Morgan fingerprint density at radius 2 is 1.39 bits per heavy atom. The normalized spacial score (nSPS) is 11.5. The second-order valence-electron chi connectivity index (χ2n) is 4.45. The second kappa shape index (κ2) is 10.1. The fraction of sp³-hybridized carbons (Fsp3) is 0.917. The number of primary amides is 1. The van der Waals surface area contributed by atoms with E-state index >= 15 is 0 Å². The van der Waals surface area contributed by atoms with Gasteiger partial charge < -0.3 is 26.4 Å². The van der Waals surface area contributed by atoms with E-state index in [-0.39, 0.29) is 5.41 Å². The monoisotopic (exact) mass is 260 g/mol. The number of rotatable bonds is 11. The molecule has 6 nitrogen and oxygen atoms in total. The van der Waals surface area contributed by atoms with Crippen LogP contribution in [-0.4, -0.2) is 52.0 Å². The molecule has 6 heteroatoms. The third-order valence-corrected chi connectivity index (χ3v) is 2.77. The molecule has 0 unspecified atom stereocenters. The summed E-state index contributed by atoms with van der Waals surface area (Å²) in [6, 6.07) is 0. The van der Waals surface area contributed by atoms with Crippen molar-refractivity contribution in [3.63, 3.8) is 0 Å². The Balaban J connectivity index is 4.55. The van der Waals surface area contributed by atoms with Crippen LogP contribution in [0.3, 0.4) is 0 Å². The summed E-state index contributed by atoms with van der Waals surface area (Å²) in [5, 5.41) is 9.96. The van der Waals surface area contributed by atoms with Crippen LogP contribution in [0.1, 0.15) is 20.8 Å². The molecule has 0 saturated carbocycles. The quantitative estimate of drug-likeness (QED) is 0.416. The molecular weight excluding hydrogens is 232 g/mol. The summed E-state index contributed by atoms with van der Waals surface area (Å²) in [6.45, 7) is 11.5. The molecule has 18 heavy (non-hydrogen) atoms. The molecule has 0 fully saturated rings. The van der Waals surface area contributed by atoms with Crippen LogP contribution in [0, 0.1) is 5.41 Å². The van der Waals surface area contributed by atoms with Crippen LogP contribution < -0.4 is 21.7 Å². The van der Waals surface area contributed by atoms with Crippen LogP contribution in [-0.2, 0) is 4.74 Å². The van der Waals surface area contributed by atoms with Gasteiger partial charge in [-0.1, -0.05) is 20.8 Å². The topological polar surface area (TPSA) is 88.4 Å². The molecule has 0 rings (SSSR count). The van der Waals surface area contributed by atoms with E-state index in [0.717, 1.165) is 39.3 Å². The highest BCUT2D eigenvalue weighted by atomic mass is 16.5. The van der Waals surface area contributed by atoms with Crippen LogP contribution in [0.4, 0.5) is 4.79 Å². The fourth-order valence-corrected chi connectivity index (χ4v) is 1.74. The molecule has 108 valence electrons. The van der Waals surface area contributed by atoms with Gasteiger partial charge in [0, 0.05) is 25.0 Å². The third-order valence-electron chi connectivity index (χ3n) is 2.77. The summed E-state index contributed by atoms with van der Waals surface area (Å²) < 4.78 is 5.02. The van der Waals surface area contributed by atoms with Crippen molar-refractivity contribution in [1.82, 2.24) is 16.0 Å². The van der Waals surface area contributed by atoms with E-state index in [4.69, 9.17) is 10.5 Å². The maximum Gasteiger partial charge on any atom is 0.404 e. The summed E-state index contributed by atoms with van der Waals surface area (Å²) in [6.07, 6.45) is -0.719. The second-order valence-corrected chi connectivity index (χ2v) is 4.45. The SMILES string of the molecule is CCNCC(CNCC)(CNCC)COC(N)=O. The van der Waals surface area contributed by atoms with Gasteiger partial charge in [-0.05, 0) is 19.6 Å². The van der Waals surface area contributed by atoms with Crippen LogP contribution in [0.25, 0.3) is 0 Å². The Morgan fingerprint density at radius 3 is 1.67 bits per heavy atom. The number of amides is 1. The summed E-state index contributed by atoms with van der Waals surface area (Å²) in [5.74, 6) is 0. The van der Waals surface area contributed by atoms with Crippen LogP contribution in [0.2, 0.25) is 0 Å². The van der Waals surface area contributed by atoms with Gasteiger partial charge in [0.2, 0.25) is 0 Å². The number of nitrogens with one attached hydrogen (secondary N) is 3. The molecule has 0 aromatic rings. The van der Waals surface area contributed by atoms with Crippen molar-refractivity contribution in [3.05, 3.63) is 0 Å². The standard InChI is InChI=1S/C12H28N4O2/c1-4-14-7-12(8-15-5-2,9-16-6-3)10-18-11(13)17/h14-16H,4-10H2,1-3H3,(H2,13,17). The molecule has 0 spiro atoms. The Kier molecular flexibility index (Phi) is 9.63. The molecule has 5 N–H and O–H groups in total. The lowest BCUT2D eigenvalue weighted by Gasteiger charge is -2.33. The lowest BCUT2D eigenvalue weighted by atomic mass is 9.88. The Bertz CT molecular complexity index is 202. The van der Waals surface area contributed by atoms with E-state index in [2.05, 4.69) is 36.7 Å². The molecule has 0 aliphatic rings. The van der Waals surface area contributed by atoms with Gasteiger partial charge in [-0.25, -0.2) is 4.79 Å². The van der Waals surface area contributed by atoms with Crippen molar-refractivity contribution in [1.29, 1.82) is 0 Å². The lowest BCUT2D eigenvalue weighted by Crippen LogP contribution is -2.52.